The van der Waals surface area contributed by atoms with Crippen molar-refractivity contribution >= 4 is 5.78 Å². The predicted octanol–water partition coefficient (Wildman–Crippen LogP) is 2.94. The second kappa shape index (κ2) is 2.18. The van der Waals surface area contributed by atoms with Gasteiger partial charge in [-0.3, -0.25) is 4.79 Å². The molecule has 0 N–H and O–H groups in total. The van der Waals surface area contributed by atoms with Gasteiger partial charge in [0, 0.05) is 5.92 Å². The summed E-state index contributed by atoms with van der Waals surface area (Å²) in [5.41, 5.74) is 1.19. The summed E-state index contributed by atoms with van der Waals surface area (Å²) in [5, 5.41) is 0. The Morgan fingerprint density at radius 3 is 2.46 bits per heavy atom. The van der Waals surface area contributed by atoms with Gasteiger partial charge in [0.2, 0.25) is 0 Å². The molecule has 0 spiro atoms. The topological polar surface area (TPSA) is 17.1 Å². The third kappa shape index (κ3) is 0.693. The number of carbonyl (C=O) groups is 1. The highest BCUT2D eigenvalue weighted by molar-refractivity contribution is 5.81. The van der Waals surface area contributed by atoms with Gasteiger partial charge >= 0.3 is 0 Å². The van der Waals surface area contributed by atoms with Gasteiger partial charge in [0.25, 0.3) is 0 Å². The smallest absolute Gasteiger partial charge is 0.133 e. The highest BCUT2D eigenvalue weighted by Crippen LogP contribution is 2.78. The fraction of sp³-hybridized carbons (Fsp3) is 0.917. The molecule has 0 heterocycles. The number of Topliss-reactive ketones (excluding diaryl/α,β-unsaturated/α-hetero) is 1. The van der Waals surface area contributed by atoms with Crippen LogP contribution >= 0.6 is 0 Å². The molecule has 3 rings (SSSR count). The van der Waals surface area contributed by atoms with Crippen molar-refractivity contribution < 1.29 is 4.79 Å². The maximum Gasteiger partial charge on any atom is 0.133 e. The van der Waals surface area contributed by atoms with Gasteiger partial charge in [-0.2, -0.15) is 0 Å². The zero-order valence-corrected chi connectivity index (χ0v) is 8.44. The Morgan fingerprint density at radius 2 is 1.92 bits per heavy atom. The van der Waals surface area contributed by atoms with Crippen molar-refractivity contribution in [3.63, 3.8) is 0 Å². The molecule has 3 atom stereocenters. The number of carbonyl (C=O) groups excluding carboxylic acids is 1. The van der Waals surface area contributed by atoms with Crippen LogP contribution in [-0.2, 0) is 4.79 Å². The van der Waals surface area contributed by atoms with Crippen molar-refractivity contribution in [1.29, 1.82) is 0 Å². The van der Waals surface area contributed by atoms with E-state index in [1.165, 1.54) is 44.9 Å². The summed E-state index contributed by atoms with van der Waals surface area (Å²) in [5.74, 6) is 0.929. The Labute approximate surface area is 79.9 Å². The van der Waals surface area contributed by atoms with Gasteiger partial charge in [0.1, 0.15) is 5.78 Å². The molecule has 1 nitrogen and oxygen atoms in total. The molecule has 0 bridgehead atoms. The molecule has 3 fully saturated rings. The van der Waals surface area contributed by atoms with Crippen LogP contribution in [0.15, 0.2) is 0 Å². The monoisotopic (exact) mass is 178 g/mol. The minimum absolute atomic E-state index is 0.460. The molecule has 0 saturated heterocycles. The molecular weight excluding hydrogens is 160 g/mol. The Hall–Kier alpha value is -0.330. The van der Waals surface area contributed by atoms with Crippen molar-refractivity contribution in [1.82, 2.24) is 0 Å². The Bertz CT molecular complexity index is 270. The standard InChI is InChI=1S/C12H18O/c1-9(13)10-8-11-4-2-3-5-12(10,11)7-6-11/h10H,2-8H2,1H3. The van der Waals surface area contributed by atoms with Crippen LogP contribution in [0.3, 0.4) is 0 Å². The summed E-state index contributed by atoms with van der Waals surface area (Å²) in [6.07, 6.45) is 9.61. The average Bonchev–Trinajstić information content (AvgIpc) is 2.02. The van der Waals surface area contributed by atoms with Crippen LogP contribution in [-0.4, -0.2) is 5.78 Å². The predicted molar refractivity (Wildman–Crippen MR) is 51.4 cm³/mol. The SMILES string of the molecule is CC(=O)C1CC23CCCCC12CC3. The third-order valence-electron chi connectivity index (χ3n) is 5.39. The zero-order chi connectivity index (χ0) is 9.10. The second-order valence-corrected chi connectivity index (χ2v) is 5.51. The summed E-state index contributed by atoms with van der Waals surface area (Å²) in [7, 11) is 0. The number of hydrogen-bond donors (Lipinski definition) is 0. The Morgan fingerprint density at radius 1 is 1.15 bits per heavy atom. The average molecular weight is 178 g/mol. The molecule has 0 amide bonds. The molecule has 0 aliphatic heterocycles. The molecule has 13 heavy (non-hydrogen) atoms. The highest BCUT2D eigenvalue weighted by atomic mass is 16.1. The van der Waals surface area contributed by atoms with E-state index >= 15 is 0 Å². The van der Waals surface area contributed by atoms with Crippen LogP contribution in [0, 0.1) is 16.7 Å². The quantitative estimate of drug-likeness (QED) is 0.603. The first-order valence-electron chi connectivity index (χ1n) is 5.71. The van der Waals surface area contributed by atoms with Gasteiger partial charge in [-0.1, -0.05) is 12.8 Å². The molecule has 0 aromatic heterocycles. The van der Waals surface area contributed by atoms with E-state index in [0.717, 1.165) is 0 Å². The summed E-state index contributed by atoms with van der Waals surface area (Å²) in [6, 6.07) is 0. The maximum absolute atomic E-state index is 11.5. The third-order valence-corrected chi connectivity index (χ3v) is 5.39. The van der Waals surface area contributed by atoms with Crippen molar-refractivity contribution in [2.24, 2.45) is 16.7 Å². The van der Waals surface area contributed by atoms with Gasteiger partial charge in [-0.15, -0.1) is 0 Å². The fourth-order valence-corrected chi connectivity index (χ4v) is 4.58. The van der Waals surface area contributed by atoms with Crippen molar-refractivity contribution in [3.8, 4) is 0 Å². The van der Waals surface area contributed by atoms with Crippen molar-refractivity contribution in [3.05, 3.63) is 0 Å². The minimum Gasteiger partial charge on any atom is -0.300 e. The Kier molecular flexibility index (Phi) is 1.35. The largest absolute Gasteiger partial charge is 0.300 e. The lowest BCUT2D eigenvalue weighted by molar-refractivity contribution is -0.248. The van der Waals surface area contributed by atoms with E-state index in [9.17, 15) is 4.79 Å². The zero-order valence-electron chi connectivity index (χ0n) is 8.44. The maximum atomic E-state index is 11.5. The van der Waals surface area contributed by atoms with Gasteiger partial charge in [0.15, 0.2) is 0 Å². The van der Waals surface area contributed by atoms with E-state index in [2.05, 4.69) is 0 Å². The van der Waals surface area contributed by atoms with Gasteiger partial charge in [0.05, 0.1) is 0 Å². The molecule has 0 aromatic rings. The van der Waals surface area contributed by atoms with Crippen LogP contribution in [0.5, 0.6) is 0 Å². The normalized spacial score (nSPS) is 52.5. The van der Waals surface area contributed by atoms with Crippen molar-refractivity contribution in [2.75, 3.05) is 0 Å². The van der Waals surface area contributed by atoms with E-state index in [1.54, 1.807) is 6.92 Å². The van der Waals surface area contributed by atoms with Crippen LogP contribution in [0.25, 0.3) is 0 Å². The van der Waals surface area contributed by atoms with Gasteiger partial charge in [-0.25, -0.2) is 0 Å². The van der Waals surface area contributed by atoms with E-state index < -0.39 is 0 Å². The van der Waals surface area contributed by atoms with Crippen LogP contribution in [0.1, 0.15) is 51.9 Å². The highest BCUT2D eigenvalue weighted by Gasteiger charge is 2.71. The Balaban J connectivity index is 1.90. The van der Waals surface area contributed by atoms with E-state index in [0.29, 0.717) is 22.5 Å². The lowest BCUT2D eigenvalue weighted by Gasteiger charge is -2.74. The minimum atomic E-state index is 0.460. The van der Waals surface area contributed by atoms with E-state index in [-0.39, 0.29) is 0 Å². The summed E-state index contributed by atoms with van der Waals surface area (Å²) in [6.45, 7) is 1.80. The first-order valence-corrected chi connectivity index (χ1v) is 5.71. The van der Waals surface area contributed by atoms with Gasteiger partial charge < -0.3 is 0 Å². The van der Waals surface area contributed by atoms with Crippen LogP contribution in [0.4, 0.5) is 0 Å². The van der Waals surface area contributed by atoms with E-state index in [4.69, 9.17) is 0 Å². The lowest BCUT2D eigenvalue weighted by Crippen LogP contribution is -2.68. The van der Waals surface area contributed by atoms with Crippen LogP contribution in [0.2, 0.25) is 0 Å². The number of ketones is 1. The van der Waals surface area contributed by atoms with Crippen molar-refractivity contribution in [2.45, 2.75) is 51.9 Å². The first kappa shape index (κ1) is 8.02. The summed E-state index contributed by atoms with van der Waals surface area (Å²) < 4.78 is 0. The van der Waals surface area contributed by atoms with E-state index in [1.807, 2.05) is 0 Å². The summed E-state index contributed by atoms with van der Waals surface area (Å²) in [4.78, 5) is 11.5. The summed E-state index contributed by atoms with van der Waals surface area (Å²) >= 11 is 0. The fourth-order valence-electron chi connectivity index (χ4n) is 4.58. The number of hydrogen-bond acceptors (Lipinski definition) is 1. The second-order valence-electron chi connectivity index (χ2n) is 5.51. The first-order chi connectivity index (χ1) is 6.20. The van der Waals surface area contributed by atoms with Gasteiger partial charge in [-0.05, 0) is 49.9 Å². The molecule has 0 radical (unpaired) electrons. The molecule has 3 saturated carbocycles. The molecule has 3 aliphatic rings. The number of rotatable bonds is 1. The molecule has 0 aromatic carbocycles. The molecular formula is C12H18O. The lowest BCUT2D eigenvalue weighted by atomic mass is 9.29. The molecule has 3 aliphatic carbocycles. The molecule has 3 unspecified atom stereocenters. The molecule has 1 heteroatoms. The van der Waals surface area contributed by atoms with Crippen LogP contribution < -0.4 is 0 Å². The molecule has 72 valence electrons.